The first kappa shape index (κ1) is 15.6. The molecular formula is C15H16Cl2N2S. The van der Waals surface area contributed by atoms with Gasteiger partial charge in [0.1, 0.15) is 5.03 Å². The van der Waals surface area contributed by atoms with Gasteiger partial charge in [0, 0.05) is 17.1 Å². The lowest BCUT2D eigenvalue weighted by Gasteiger charge is -2.14. The number of aromatic nitrogens is 1. The lowest BCUT2D eigenvalue weighted by atomic mass is 10.0. The minimum atomic E-state index is 0.132. The van der Waals surface area contributed by atoms with Crippen LogP contribution in [0, 0.1) is 0 Å². The van der Waals surface area contributed by atoms with Crippen molar-refractivity contribution >= 4 is 35.0 Å². The summed E-state index contributed by atoms with van der Waals surface area (Å²) in [7, 11) is 0. The highest BCUT2D eigenvalue weighted by Gasteiger charge is 2.13. The van der Waals surface area contributed by atoms with Crippen LogP contribution in [-0.2, 0) is 6.42 Å². The SMILES string of the molecule is CCC(N)Cc1cccc(Cl)c1Sc1ncccc1Cl. The van der Waals surface area contributed by atoms with E-state index in [2.05, 4.69) is 18.0 Å². The molecule has 1 aromatic heterocycles. The number of nitrogens with two attached hydrogens (primary N) is 1. The van der Waals surface area contributed by atoms with Gasteiger partial charge in [-0.15, -0.1) is 0 Å². The Morgan fingerprint density at radius 3 is 2.65 bits per heavy atom. The quantitative estimate of drug-likeness (QED) is 0.856. The second kappa shape index (κ2) is 7.32. The van der Waals surface area contributed by atoms with E-state index in [1.54, 1.807) is 6.20 Å². The van der Waals surface area contributed by atoms with Crippen LogP contribution in [0.2, 0.25) is 10.0 Å². The summed E-state index contributed by atoms with van der Waals surface area (Å²) in [5, 5.41) is 2.09. The fourth-order valence-corrected chi connectivity index (χ4v) is 3.27. The van der Waals surface area contributed by atoms with E-state index in [1.165, 1.54) is 11.8 Å². The van der Waals surface area contributed by atoms with Crippen molar-refractivity contribution in [3.63, 3.8) is 0 Å². The summed E-state index contributed by atoms with van der Waals surface area (Å²) < 4.78 is 0. The zero-order valence-corrected chi connectivity index (χ0v) is 13.5. The van der Waals surface area contributed by atoms with Crippen LogP contribution < -0.4 is 5.73 Å². The molecule has 0 amide bonds. The molecule has 0 spiro atoms. The zero-order valence-electron chi connectivity index (χ0n) is 11.1. The molecule has 0 aliphatic rings. The molecule has 2 N–H and O–H groups in total. The number of rotatable bonds is 5. The number of benzene rings is 1. The minimum Gasteiger partial charge on any atom is -0.327 e. The van der Waals surface area contributed by atoms with Crippen molar-refractivity contribution < 1.29 is 0 Å². The number of halogens is 2. The van der Waals surface area contributed by atoms with Crippen molar-refractivity contribution in [2.24, 2.45) is 5.73 Å². The third-order valence-corrected chi connectivity index (χ3v) is 5.03. The van der Waals surface area contributed by atoms with Gasteiger partial charge in [0.15, 0.2) is 0 Å². The Hall–Kier alpha value is -0.740. The Morgan fingerprint density at radius 2 is 1.95 bits per heavy atom. The molecule has 20 heavy (non-hydrogen) atoms. The molecule has 2 rings (SSSR count). The Balaban J connectivity index is 2.33. The molecule has 106 valence electrons. The summed E-state index contributed by atoms with van der Waals surface area (Å²) in [4.78, 5) is 5.28. The van der Waals surface area contributed by atoms with Crippen LogP contribution in [0.25, 0.3) is 0 Å². The lowest BCUT2D eigenvalue weighted by molar-refractivity contribution is 0.641. The van der Waals surface area contributed by atoms with Gasteiger partial charge in [-0.05, 0) is 36.6 Å². The van der Waals surface area contributed by atoms with E-state index >= 15 is 0 Å². The molecule has 0 fully saturated rings. The number of pyridine rings is 1. The first-order valence-electron chi connectivity index (χ1n) is 6.43. The van der Waals surface area contributed by atoms with Crippen LogP contribution in [-0.4, -0.2) is 11.0 Å². The third-order valence-electron chi connectivity index (χ3n) is 2.98. The van der Waals surface area contributed by atoms with Crippen LogP contribution in [0.1, 0.15) is 18.9 Å². The Bertz CT molecular complexity index is 590. The number of hydrogen-bond donors (Lipinski definition) is 1. The predicted molar refractivity (Wildman–Crippen MR) is 86.8 cm³/mol. The van der Waals surface area contributed by atoms with Crippen LogP contribution in [0.3, 0.4) is 0 Å². The number of nitrogens with zero attached hydrogens (tertiary/aromatic N) is 1. The summed E-state index contributed by atoms with van der Waals surface area (Å²) >= 11 is 14.0. The maximum atomic E-state index is 6.33. The van der Waals surface area contributed by atoms with Gasteiger partial charge in [0.05, 0.1) is 10.0 Å². The Kier molecular flexibility index (Phi) is 5.73. The summed E-state index contributed by atoms with van der Waals surface area (Å²) in [5.41, 5.74) is 7.19. The second-order valence-corrected chi connectivity index (χ2v) is 6.31. The summed E-state index contributed by atoms with van der Waals surface area (Å²) in [6.07, 6.45) is 3.45. The first-order chi connectivity index (χ1) is 9.61. The van der Waals surface area contributed by atoms with Crippen molar-refractivity contribution in [2.75, 3.05) is 0 Å². The third kappa shape index (κ3) is 3.89. The van der Waals surface area contributed by atoms with Gasteiger partial charge in [-0.25, -0.2) is 4.98 Å². The fraction of sp³-hybridized carbons (Fsp3) is 0.267. The molecule has 1 unspecified atom stereocenters. The van der Waals surface area contributed by atoms with Gasteiger partial charge in [-0.2, -0.15) is 0 Å². The Morgan fingerprint density at radius 1 is 1.20 bits per heavy atom. The Labute approximate surface area is 133 Å². The van der Waals surface area contributed by atoms with Crippen LogP contribution in [0.15, 0.2) is 46.5 Å². The summed E-state index contributed by atoms with van der Waals surface area (Å²) in [6.45, 7) is 2.08. The van der Waals surface area contributed by atoms with E-state index < -0.39 is 0 Å². The topological polar surface area (TPSA) is 38.9 Å². The molecule has 0 saturated carbocycles. The maximum Gasteiger partial charge on any atom is 0.119 e. The van der Waals surface area contributed by atoms with E-state index in [0.717, 1.165) is 28.3 Å². The van der Waals surface area contributed by atoms with E-state index in [1.807, 2.05) is 24.3 Å². The monoisotopic (exact) mass is 326 g/mol. The summed E-state index contributed by atoms with van der Waals surface area (Å²) in [6, 6.07) is 9.65. The van der Waals surface area contributed by atoms with Crippen molar-refractivity contribution in [2.45, 2.75) is 35.7 Å². The van der Waals surface area contributed by atoms with Gasteiger partial charge in [0.25, 0.3) is 0 Å². The molecule has 1 aromatic carbocycles. The average molecular weight is 327 g/mol. The normalized spacial score (nSPS) is 12.4. The number of hydrogen-bond acceptors (Lipinski definition) is 3. The zero-order chi connectivity index (χ0) is 14.5. The first-order valence-corrected chi connectivity index (χ1v) is 8.00. The molecule has 0 radical (unpaired) electrons. The van der Waals surface area contributed by atoms with E-state index in [4.69, 9.17) is 28.9 Å². The molecule has 1 heterocycles. The highest BCUT2D eigenvalue weighted by atomic mass is 35.5. The van der Waals surface area contributed by atoms with E-state index in [9.17, 15) is 0 Å². The van der Waals surface area contributed by atoms with Gasteiger partial charge in [0.2, 0.25) is 0 Å². The van der Waals surface area contributed by atoms with Crippen molar-refractivity contribution in [3.05, 3.63) is 52.1 Å². The van der Waals surface area contributed by atoms with Crippen molar-refractivity contribution in [1.82, 2.24) is 4.98 Å². The second-order valence-electron chi connectivity index (χ2n) is 4.49. The van der Waals surface area contributed by atoms with Crippen LogP contribution in [0.4, 0.5) is 0 Å². The molecule has 0 aliphatic heterocycles. The van der Waals surface area contributed by atoms with Crippen molar-refractivity contribution in [3.8, 4) is 0 Å². The highest BCUT2D eigenvalue weighted by Crippen LogP contribution is 2.38. The van der Waals surface area contributed by atoms with Gasteiger partial charge >= 0.3 is 0 Å². The molecule has 2 aromatic rings. The van der Waals surface area contributed by atoms with Gasteiger partial charge in [-0.3, -0.25) is 0 Å². The predicted octanol–water partition coefficient (Wildman–Crippen LogP) is 4.82. The smallest absolute Gasteiger partial charge is 0.119 e. The molecule has 5 heteroatoms. The molecule has 0 saturated heterocycles. The van der Waals surface area contributed by atoms with Gasteiger partial charge < -0.3 is 5.73 Å². The average Bonchev–Trinajstić information content (AvgIpc) is 2.44. The minimum absolute atomic E-state index is 0.132. The standard InChI is InChI=1S/C15H16Cl2N2S/c1-2-11(18)9-10-5-3-6-12(16)14(10)20-15-13(17)7-4-8-19-15/h3-8,11H,2,9,18H2,1H3. The highest BCUT2D eigenvalue weighted by molar-refractivity contribution is 7.99. The van der Waals surface area contributed by atoms with Crippen molar-refractivity contribution in [1.29, 1.82) is 0 Å². The fourth-order valence-electron chi connectivity index (χ4n) is 1.80. The maximum absolute atomic E-state index is 6.33. The molecule has 2 nitrogen and oxygen atoms in total. The molecule has 0 bridgehead atoms. The van der Waals surface area contributed by atoms with Gasteiger partial charge in [-0.1, -0.05) is 54.0 Å². The van der Waals surface area contributed by atoms with Crippen LogP contribution in [0.5, 0.6) is 0 Å². The lowest BCUT2D eigenvalue weighted by Crippen LogP contribution is -2.21. The molecule has 1 atom stereocenters. The summed E-state index contributed by atoms with van der Waals surface area (Å²) in [5.74, 6) is 0. The van der Waals surface area contributed by atoms with E-state index in [0.29, 0.717) is 10.0 Å². The van der Waals surface area contributed by atoms with Crippen LogP contribution >= 0.6 is 35.0 Å². The molecule has 0 aliphatic carbocycles. The largest absolute Gasteiger partial charge is 0.327 e. The van der Waals surface area contributed by atoms with E-state index in [-0.39, 0.29) is 6.04 Å². The molecular weight excluding hydrogens is 311 g/mol.